The molecule has 3 aliphatic rings. The first-order valence-electron chi connectivity index (χ1n) is 6.85. The van der Waals surface area contributed by atoms with Crippen molar-refractivity contribution in [1.29, 1.82) is 0 Å². The molecule has 2 atom stereocenters. The third-order valence-electron chi connectivity index (χ3n) is 4.71. The SMILES string of the molecule is NC1(c2cccc(N3C(=O)C4CC3CS4(=O)=O)c2)CC1. The van der Waals surface area contributed by atoms with Gasteiger partial charge in [0, 0.05) is 11.2 Å². The molecule has 106 valence electrons. The van der Waals surface area contributed by atoms with Gasteiger partial charge in [-0.05, 0) is 37.0 Å². The van der Waals surface area contributed by atoms with Gasteiger partial charge >= 0.3 is 0 Å². The number of amides is 1. The first-order chi connectivity index (χ1) is 9.41. The molecule has 2 saturated heterocycles. The van der Waals surface area contributed by atoms with Crippen molar-refractivity contribution in [2.24, 2.45) is 5.73 Å². The fourth-order valence-corrected chi connectivity index (χ4v) is 5.33. The maximum atomic E-state index is 12.3. The molecule has 2 unspecified atom stereocenters. The topological polar surface area (TPSA) is 80.5 Å². The number of nitrogens with zero attached hydrogens (tertiary/aromatic N) is 1. The third-order valence-corrected chi connectivity index (χ3v) is 6.82. The van der Waals surface area contributed by atoms with Gasteiger partial charge in [0.1, 0.15) is 5.25 Å². The zero-order chi connectivity index (χ0) is 14.1. The summed E-state index contributed by atoms with van der Waals surface area (Å²) in [4.78, 5) is 13.9. The van der Waals surface area contributed by atoms with Crippen LogP contribution in [0.4, 0.5) is 5.69 Å². The van der Waals surface area contributed by atoms with Gasteiger partial charge in [0.25, 0.3) is 0 Å². The number of nitrogens with two attached hydrogens (primary N) is 1. The van der Waals surface area contributed by atoms with Crippen molar-refractivity contribution in [2.45, 2.75) is 36.1 Å². The lowest BCUT2D eigenvalue weighted by Crippen LogP contribution is -2.45. The maximum absolute atomic E-state index is 12.3. The van der Waals surface area contributed by atoms with Crippen LogP contribution in [0.15, 0.2) is 24.3 Å². The number of carbonyl (C=O) groups excluding carboxylic acids is 1. The minimum absolute atomic E-state index is 0.0847. The second kappa shape index (κ2) is 3.62. The van der Waals surface area contributed by atoms with Gasteiger partial charge in [0.2, 0.25) is 5.91 Å². The van der Waals surface area contributed by atoms with Gasteiger partial charge in [-0.2, -0.15) is 0 Å². The Morgan fingerprint density at radius 1 is 1.30 bits per heavy atom. The summed E-state index contributed by atoms with van der Waals surface area (Å²) >= 11 is 0. The Balaban J connectivity index is 1.72. The average Bonchev–Trinajstić information content (AvgIpc) is 2.95. The van der Waals surface area contributed by atoms with E-state index in [1.807, 2.05) is 24.3 Å². The standard InChI is InChI=1S/C14H16N2O3S/c15-14(4-5-14)9-2-1-3-10(6-9)16-11-7-12(13(16)17)20(18,19)8-11/h1-3,6,11-12H,4-5,7-8,15H2. The molecule has 5 nitrogen and oxygen atoms in total. The van der Waals surface area contributed by atoms with Crippen LogP contribution >= 0.6 is 0 Å². The molecule has 0 radical (unpaired) electrons. The monoisotopic (exact) mass is 292 g/mol. The molecule has 2 bridgehead atoms. The zero-order valence-electron chi connectivity index (χ0n) is 11.0. The number of sulfone groups is 1. The van der Waals surface area contributed by atoms with E-state index >= 15 is 0 Å². The van der Waals surface area contributed by atoms with E-state index < -0.39 is 15.1 Å². The Hall–Kier alpha value is -1.40. The number of benzene rings is 1. The van der Waals surface area contributed by atoms with Crippen LogP contribution in [0.5, 0.6) is 0 Å². The molecule has 1 aliphatic carbocycles. The van der Waals surface area contributed by atoms with Crippen LogP contribution in [0.25, 0.3) is 0 Å². The van der Waals surface area contributed by atoms with Gasteiger partial charge in [-0.1, -0.05) is 12.1 Å². The van der Waals surface area contributed by atoms with Gasteiger partial charge in [-0.15, -0.1) is 0 Å². The normalized spacial score (nSPS) is 32.6. The molecule has 1 aromatic rings. The Bertz CT molecular complexity index is 709. The molecule has 2 aliphatic heterocycles. The van der Waals surface area contributed by atoms with Crippen LogP contribution < -0.4 is 10.6 Å². The van der Waals surface area contributed by atoms with Crippen LogP contribution in [0, 0.1) is 0 Å². The summed E-state index contributed by atoms with van der Waals surface area (Å²) in [6, 6.07) is 7.47. The predicted octanol–water partition coefficient (Wildman–Crippen LogP) is 0.537. The average molecular weight is 292 g/mol. The molecule has 0 aromatic heterocycles. The smallest absolute Gasteiger partial charge is 0.245 e. The molecule has 2 heterocycles. The second-order valence-electron chi connectivity index (χ2n) is 6.12. The molecule has 1 saturated carbocycles. The van der Waals surface area contributed by atoms with E-state index in [1.165, 1.54) is 0 Å². The van der Waals surface area contributed by atoms with Gasteiger partial charge in [0.05, 0.1) is 11.8 Å². The summed E-state index contributed by atoms with van der Waals surface area (Å²) in [5.41, 5.74) is 7.76. The lowest BCUT2D eigenvalue weighted by molar-refractivity contribution is -0.117. The number of rotatable bonds is 2. The first-order valence-corrected chi connectivity index (χ1v) is 8.56. The Labute approximate surface area is 117 Å². The first kappa shape index (κ1) is 12.3. The molecule has 1 aromatic carbocycles. The van der Waals surface area contributed by atoms with Crippen molar-refractivity contribution in [2.75, 3.05) is 10.7 Å². The maximum Gasteiger partial charge on any atom is 0.245 e. The van der Waals surface area contributed by atoms with Crippen molar-refractivity contribution in [1.82, 2.24) is 0 Å². The molecule has 0 spiro atoms. The predicted molar refractivity (Wildman–Crippen MR) is 75.0 cm³/mol. The minimum atomic E-state index is -3.22. The molecule has 6 heteroatoms. The van der Waals surface area contributed by atoms with Crippen molar-refractivity contribution in [3.8, 4) is 0 Å². The highest BCUT2D eigenvalue weighted by Gasteiger charge is 2.55. The van der Waals surface area contributed by atoms with Crippen LogP contribution in [-0.2, 0) is 20.2 Å². The molecular weight excluding hydrogens is 276 g/mol. The summed E-state index contributed by atoms with van der Waals surface area (Å²) in [6.45, 7) is 0. The van der Waals surface area contributed by atoms with Crippen LogP contribution in [-0.4, -0.2) is 31.4 Å². The molecule has 2 N–H and O–H groups in total. The number of hydrogen-bond acceptors (Lipinski definition) is 4. The fourth-order valence-electron chi connectivity index (χ4n) is 3.34. The lowest BCUT2D eigenvalue weighted by atomic mass is 10.0. The zero-order valence-corrected chi connectivity index (χ0v) is 11.8. The lowest BCUT2D eigenvalue weighted by Gasteiger charge is -2.27. The van der Waals surface area contributed by atoms with E-state index in [-0.39, 0.29) is 23.2 Å². The Kier molecular flexibility index (Phi) is 2.24. The Morgan fingerprint density at radius 3 is 2.65 bits per heavy atom. The van der Waals surface area contributed by atoms with E-state index in [9.17, 15) is 13.2 Å². The van der Waals surface area contributed by atoms with Crippen molar-refractivity contribution in [3.05, 3.63) is 29.8 Å². The fraction of sp³-hybridized carbons (Fsp3) is 0.500. The van der Waals surface area contributed by atoms with Crippen molar-refractivity contribution in [3.63, 3.8) is 0 Å². The second-order valence-corrected chi connectivity index (χ2v) is 8.35. The van der Waals surface area contributed by atoms with E-state index in [2.05, 4.69) is 0 Å². The van der Waals surface area contributed by atoms with Gasteiger partial charge in [0.15, 0.2) is 9.84 Å². The van der Waals surface area contributed by atoms with Gasteiger partial charge in [-0.3, -0.25) is 4.79 Å². The molecule has 1 amide bonds. The van der Waals surface area contributed by atoms with E-state index in [0.29, 0.717) is 6.42 Å². The summed E-state index contributed by atoms with van der Waals surface area (Å²) < 4.78 is 23.6. The highest BCUT2D eigenvalue weighted by Crippen LogP contribution is 2.44. The molecular formula is C14H16N2O3S. The molecule has 4 rings (SSSR count). The summed E-state index contributed by atoms with van der Waals surface area (Å²) in [5.74, 6) is -0.193. The van der Waals surface area contributed by atoms with Crippen molar-refractivity contribution < 1.29 is 13.2 Å². The van der Waals surface area contributed by atoms with Crippen LogP contribution in [0.1, 0.15) is 24.8 Å². The van der Waals surface area contributed by atoms with E-state index in [4.69, 9.17) is 5.73 Å². The number of hydrogen-bond donors (Lipinski definition) is 1. The van der Waals surface area contributed by atoms with Gasteiger partial charge in [-0.25, -0.2) is 8.42 Å². The number of fused-ring (bicyclic) bond motifs is 2. The molecule has 20 heavy (non-hydrogen) atoms. The van der Waals surface area contributed by atoms with E-state index in [0.717, 1.165) is 24.1 Å². The number of carbonyl (C=O) groups is 1. The van der Waals surface area contributed by atoms with Crippen molar-refractivity contribution >= 4 is 21.4 Å². The summed E-state index contributed by atoms with van der Waals surface area (Å²) in [5, 5.41) is -0.830. The largest absolute Gasteiger partial charge is 0.321 e. The highest BCUT2D eigenvalue weighted by molar-refractivity contribution is 7.93. The van der Waals surface area contributed by atoms with Crippen LogP contribution in [0.3, 0.4) is 0 Å². The summed E-state index contributed by atoms with van der Waals surface area (Å²) in [6.07, 6.45) is 2.36. The van der Waals surface area contributed by atoms with E-state index in [1.54, 1.807) is 4.90 Å². The van der Waals surface area contributed by atoms with Crippen LogP contribution in [0.2, 0.25) is 0 Å². The molecule has 3 fully saturated rings. The van der Waals surface area contributed by atoms with Gasteiger partial charge < -0.3 is 10.6 Å². The minimum Gasteiger partial charge on any atom is -0.321 e. The Morgan fingerprint density at radius 2 is 2.05 bits per heavy atom. The number of anilines is 1. The third kappa shape index (κ3) is 1.58. The quantitative estimate of drug-likeness (QED) is 0.862. The summed E-state index contributed by atoms with van der Waals surface area (Å²) in [7, 11) is -3.22. The highest BCUT2D eigenvalue weighted by atomic mass is 32.2.